The molecule has 2 aromatic carbocycles. The predicted octanol–water partition coefficient (Wildman–Crippen LogP) is 6.31. The van der Waals surface area contributed by atoms with E-state index in [4.69, 9.17) is 25.8 Å². The molecular formula is C30H34ClNO6S2. The largest absolute Gasteiger partial charge is 0.459 e. The molecule has 0 radical (unpaired) electrons. The highest BCUT2D eigenvalue weighted by Gasteiger charge is 2.76. The average Bonchev–Trinajstić information content (AvgIpc) is 3.28. The molecule has 1 N–H and O–H groups in total. The molecule has 0 bridgehead atoms. The average molecular weight is 604 g/mol. The van der Waals surface area contributed by atoms with E-state index >= 15 is 0 Å². The highest BCUT2D eigenvalue weighted by atomic mass is 35.5. The molecule has 1 aliphatic carbocycles. The van der Waals surface area contributed by atoms with Gasteiger partial charge in [0.15, 0.2) is 6.29 Å². The van der Waals surface area contributed by atoms with E-state index in [0.717, 1.165) is 46.6 Å². The van der Waals surface area contributed by atoms with Crippen LogP contribution in [0, 0.1) is 0 Å². The molecular weight excluding hydrogens is 570 g/mol. The summed E-state index contributed by atoms with van der Waals surface area (Å²) in [6.45, 7) is 6.02. The van der Waals surface area contributed by atoms with Crippen molar-refractivity contribution in [1.82, 2.24) is 4.72 Å². The van der Waals surface area contributed by atoms with Crippen molar-refractivity contribution in [2.75, 3.05) is 13.2 Å². The Bertz CT molecular complexity index is 1450. The van der Waals surface area contributed by atoms with Gasteiger partial charge in [-0.2, -0.15) is 4.72 Å². The van der Waals surface area contributed by atoms with E-state index in [9.17, 15) is 13.2 Å². The molecule has 2 fully saturated rings. The zero-order valence-corrected chi connectivity index (χ0v) is 25.2. The van der Waals surface area contributed by atoms with E-state index in [1.807, 2.05) is 42.5 Å². The molecule has 2 heterocycles. The Morgan fingerprint density at radius 1 is 1.07 bits per heavy atom. The molecule has 0 amide bonds. The van der Waals surface area contributed by atoms with Gasteiger partial charge in [0, 0.05) is 16.5 Å². The molecule has 3 aromatic rings. The van der Waals surface area contributed by atoms with Gasteiger partial charge in [-0.05, 0) is 81.8 Å². The van der Waals surface area contributed by atoms with Crippen molar-refractivity contribution >= 4 is 38.9 Å². The van der Waals surface area contributed by atoms with Gasteiger partial charge < -0.3 is 14.2 Å². The van der Waals surface area contributed by atoms with Gasteiger partial charge in [-0.15, -0.1) is 11.3 Å². The Morgan fingerprint density at radius 2 is 1.80 bits per heavy atom. The summed E-state index contributed by atoms with van der Waals surface area (Å²) in [4.78, 5) is 14.7. The van der Waals surface area contributed by atoms with Crippen LogP contribution in [-0.4, -0.2) is 45.0 Å². The molecule has 10 heteroatoms. The first-order valence-electron chi connectivity index (χ1n) is 13.4. The monoisotopic (exact) mass is 603 g/mol. The number of thiophene rings is 1. The van der Waals surface area contributed by atoms with E-state index < -0.39 is 38.8 Å². The Hall–Kier alpha value is -2.27. The summed E-state index contributed by atoms with van der Waals surface area (Å²) >= 11 is 7.15. The van der Waals surface area contributed by atoms with Crippen LogP contribution in [0.15, 0.2) is 70.9 Å². The second kappa shape index (κ2) is 11.2. The van der Waals surface area contributed by atoms with Gasteiger partial charge in [-0.3, -0.25) is 0 Å². The van der Waals surface area contributed by atoms with Gasteiger partial charge in [0.05, 0.1) is 12.0 Å². The first-order chi connectivity index (χ1) is 18.9. The third-order valence-corrected chi connectivity index (χ3v) is 10.6. The van der Waals surface area contributed by atoms with Crippen LogP contribution >= 0.6 is 22.9 Å². The normalized spacial score (nSPS) is 24.9. The Morgan fingerprint density at radius 3 is 2.45 bits per heavy atom. The van der Waals surface area contributed by atoms with Gasteiger partial charge in [0.2, 0.25) is 0 Å². The van der Waals surface area contributed by atoms with Crippen molar-refractivity contribution in [3.63, 3.8) is 0 Å². The van der Waals surface area contributed by atoms with Crippen molar-refractivity contribution in [3.8, 4) is 10.4 Å². The fourth-order valence-corrected chi connectivity index (χ4v) is 8.03. The number of carbonyl (C=O) groups is 1. The van der Waals surface area contributed by atoms with Crippen LogP contribution < -0.4 is 4.72 Å². The summed E-state index contributed by atoms with van der Waals surface area (Å²) in [5, 5.41) is 0.598. The zero-order valence-electron chi connectivity index (χ0n) is 22.8. The zero-order chi connectivity index (χ0) is 28.6. The number of esters is 1. The standard InChI is InChI=1S/C30H34ClNO6S2/c1-28(2,3)38-27(33)30(32-40(34,35)26-17-16-24(39-26)21-12-14-23(31)15-13-21)19-29(30,22-9-5-4-6-10-22)20-37-25-11-7-8-18-36-25/h4-6,9-10,12-17,25,32H,7-8,11,18-20H2,1-3H3. The molecule has 1 saturated carbocycles. The summed E-state index contributed by atoms with van der Waals surface area (Å²) in [7, 11) is -4.12. The molecule has 214 valence electrons. The highest BCUT2D eigenvalue weighted by molar-refractivity contribution is 7.91. The van der Waals surface area contributed by atoms with Crippen molar-refractivity contribution in [1.29, 1.82) is 0 Å². The van der Waals surface area contributed by atoms with Crippen molar-refractivity contribution < 1.29 is 27.4 Å². The van der Waals surface area contributed by atoms with Crippen molar-refractivity contribution in [2.45, 2.75) is 73.5 Å². The van der Waals surface area contributed by atoms with Crippen LogP contribution in [0.25, 0.3) is 10.4 Å². The smallest absolute Gasteiger partial charge is 0.328 e. The predicted molar refractivity (Wildman–Crippen MR) is 156 cm³/mol. The maximum atomic E-state index is 13.9. The molecule has 1 aliphatic heterocycles. The lowest BCUT2D eigenvalue weighted by atomic mass is 9.91. The van der Waals surface area contributed by atoms with Gasteiger partial charge in [0.1, 0.15) is 15.3 Å². The summed E-state index contributed by atoms with van der Waals surface area (Å²) in [6.07, 6.45) is 2.51. The fourth-order valence-electron chi connectivity index (χ4n) is 5.17. The van der Waals surface area contributed by atoms with Crippen LogP contribution in [0.2, 0.25) is 5.02 Å². The molecule has 40 heavy (non-hydrogen) atoms. The van der Waals surface area contributed by atoms with Gasteiger partial charge >= 0.3 is 5.97 Å². The van der Waals surface area contributed by atoms with E-state index in [2.05, 4.69) is 4.72 Å². The van der Waals surface area contributed by atoms with E-state index in [1.54, 1.807) is 45.0 Å². The molecule has 3 unspecified atom stereocenters. The topological polar surface area (TPSA) is 90.9 Å². The molecule has 5 rings (SSSR count). The van der Waals surface area contributed by atoms with Crippen LogP contribution in [0.3, 0.4) is 0 Å². The number of benzene rings is 2. The van der Waals surface area contributed by atoms with Crippen LogP contribution in [0.1, 0.15) is 52.0 Å². The van der Waals surface area contributed by atoms with E-state index in [1.165, 1.54) is 0 Å². The van der Waals surface area contributed by atoms with E-state index in [0.29, 0.717) is 11.6 Å². The molecule has 1 saturated heterocycles. The summed E-state index contributed by atoms with van der Waals surface area (Å²) in [5.41, 5.74) is -1.70. The maximum absolute atomic E-state index is 13.9. The number of halogens is 1. The minimum atomic E-state index is -4.12. The minimum Gasteiger partial charge on any atom is -0.459 e. The molecule has 0 spiro atoms. The first kappa shape index (κ1) is 29.2. The number of hydrogen-bond acceptors (Lipinski definition) is 7. The lowest BCUT2D eigenvalue weighted by Crippen LogP contribution is -2.52. The molecule has 3 atom stereocenters. The molecule has 7 nitrogen and oxygen atoms in total. The quantitative estimate of drug-likeness (QED) is 0.288. The van der Waals surface area contributed by atoms with Crippen LogP contribution in [0.4, 0.5) is 0 Å². The number of ether oxygens (including phenoxy) is 3. The number of carbonyl (C=O) groups excluding carboxylic acids is 1. The van der Waals surface area contributed by atoms with Crippen LogP contribution in [-0.2, 0) is 34.4 Å². The van der Waals surface area contributed by atoms with Gasteiger partial charge in [-0.1, -0.05) is 54.1 Å². The SMILES string of the molecule is CC(C)(C)OC(=O)C1(NS(=O)(=O)c2ccc(-c3ccc(Cl)cc3)s2)CC1(COC1CCCCO1)c1ccccc1. The summed E-state index contributed by atoms with van der Waals surface area (Å²) < 4.78 is 48.5. The number of sulfonamides is 1. The second-order valence-corrected chi connectivity index (χ2v) is 14.8. The Balaban J connectivity index is 1.50. The second-order valence-electron chi connectivity index (χ2n) is 11.4. The lowest BCUT2D eigenvalue weighted by molar-refractivity contribution is -0.171. The lowest BCUT2D eigenvalue weighted by Gasteiger charge is -2.31. The van der Waals surface area contributed by atoms with Gasteiger partial charge in [-0.25, -0.2) is 13.2 Å². The number of nitrogens with one attached hydrogen (secondary N) is 1. The third kappa shape index (κ3) is 6.00. The van der Waals surface area contributed by atoms with E-state index in [-0.39, 0.29) is 17.2 Å². The summed E-state index contributed by atoms with van der Waals surface area (Å²) in [6, 6.07) is 19.9. The third-order valence-electron chi connectivity index (χ3n) is 7.27. The highest BCUT2D eigenvalue weighted by Crippen LogP contribution is 2.60. The molecule has 2 aliphatic rings. The summed E-state index contributed by atoms with van der Waals surface area (Å²) in [5.74, 6) is -0.630. The Kier molecular flexibility index (Phi) is 8.18. The fraction of sp³-hybridized carbons (Fsp3) is 0.433. The van der Waals surface area contributed by atoms with Gasteiger partial charge in [0.25, 0.3) is 10.0 Å². The number of rotatable bonds is 9. The first-order valence-corrected chi connectivity index (χ1v) is 16.0. The molecule has 1 aromatic heterocycles. The van der Waals surface area contributed by atoms with Crippen molar-refractivity contribution in [3.05, 3.63) is 77.3 Å². The Labute approximate surface area is 244 Å². The van der Waals surface area contributed by atoms with Crippen LogP contribution in [0.5, 0.6) is 0 Å². The maximum Gasteiger partial charge on any atom is 0.328 e. The van der Waals surface area contributed by atoms with Crippen molar-refractivity contribution in [2.24, 2.45) is 0 Å². The minimum absolute atomic E-state index is 0.101. The number of hydrogen-bond donors (Lipinski definition) is 1.